The maximum atomic E-state index is 11.5. The molecule has 110 valence electrons. The van der Waals surface area contributed by atoms with Gasteiger partial charge in [0.2, 0.25) is 5.91 Å². The highest BCUT2D eigenvalue weighted by atomic mass is 16.4. The molecule has 1 atom stereocenters. The van der Waals surface area contributed by atoms with Crippen molar-refractivity contribution in [3.05, 3.63) is 0 Å². The highest BCUT2D eigenvalue weighted by molar-refractivity contribution is 5.86. The van der Waals surface area contributed by atoms with Gasteiger partial charge < -0.3 is 21.1 Å². The van der Waals surface area contributed by atoms with E-state index in [2.05, 4.69) is 16.0 Å². The Morgan fingerprint density at radius 1 is 1.26 bits per heavy atom. The third-order valence-corrected chi connectivity index (χ3v) is 2.66. The normalized spacial score (nSPS) is 13.5. The van der Waals surface area contributed by atoms with Gasteiger partial charge in [-0.25, -0.2) is 9.59 Å². The molecular weight excluding hydrogens is 250 g/mol. The van der Waals surface area contributed by atoms with E-state index in [4.69, 9.17) is 5.11 Å². The summed E-state index contributed by atoms with van der Waals surface area (Å²) in [5.41, 5.74) is -1.30. The minimum Gasteiger partial charge on any atom is -0.480 e. The predicted octanol–water partition coefficient (Wildman–Crippen LogP) is 0.454. The van der Waals surface area contributed by atoms with Crippen molar-refractivity contribution in [3.8, 4) is 0 Å². The summed E-state index contributed by atoms with van der Waals surface area (Å²) in [6.07, 6.45) is 0.422. The van der Waals surface area contributed by atoms with Crippen LogP contribution in [-0.2, 0) is 9.59 Å². The standard InChI is InChI=1S/C12H23N3O4/c1-5-12(4,10(17)18)15-11(19)13-7-6-9(16)14-8(2)3/h8H,5-7H2,1-4H3,(H,14,16)(H,17,18)(H2,13,15,19). The maximum absolute atomic E-state index is 11.5. The van der Waals surface area contributed by atoms with E-state index in [9.17, 15) is 14.4 Å². The minimum absolute atomic E-state index is 0.0525. The zero-order chi connectivity index (χ0) is 15.1. The number of carbonyl (C=O) groups is 3. The van der Waals surface area contributed by atoms with Gasteiger partial charge in [-0.2, -0.15) is 0 Å². The average Bonchev–Trinajstić information content (AvgIpc) is 2.27. The van der Waals surface area contributed by atoms with Crippen molar-refractivity contribution in [3.63, 3.8) is 0 Å². The molecule has 0 aromatic heterocycles. The lowest BCUT2D eigenvalue weighted by molar-refractivity contribution is -0.143. The Balaban J connectivity index is 4.06. The van der Waals surface area contributed by atoms with Crippen LogP contribution in [0.15, 0.2) is 0 Å². The van der Waals surface area contributed by atoms with Gasteiger partial charge in [0.05, 0.1) is 0 Å². The molecule has 3 amide bonds. The third-order valence-electron chi connectivity index (χ3n) is 2.66. The molecule has 0 saturated heterocycles. The molecule has 0 heterocycles. The maximum Gasteiger partial charge on any atom is 0.329 e. The number of aliphatic carboxylic acids is 1. The number of amides is 3. The number of nitrogens with one attached hydrogen (secondary N) is 3. The summed E-state index contributed by atoms with van der Waals surface area (Å²) < 4.78 is 0. The first-order chi connectivity index (χ1) is 8.71. The fourth-order valence-electron chi connectivity index (χ4n) is 1.27. The van der Waals surface area contributed by atoms with Gasteiger partial charge in [0, 0.05) is 19.0 Å². The van der Waals surface area contributed by atoms with Gasteiger partial charge >= 0.3 is 12.0 Å². The molecule has 0 aliphatic carbocycles. The first-order valence-electron chi connectivity index (χ1n) is 6.30. The highest BCUT2D eigenvalue weighted by Crippen LogP contribution is 2.08. The van der Waals surface area contributed by atoms with Gasteiger partial charge in [-0.3, -0.25) is 4.79 Å². The van der Waals surface area contributed by atoms with Gasteiger partial charge in [0.25, 0.3) is 0 Å². The molecule has 19 heavy (non-hydrogen) atoms. The first kappa shape index (κ1) is 17.2. The molecule has 0 aromatic rings. The summed E-state index contributed by atoms with van der Waals surface area (Å²) in [7, 11) is 0. The van der Waals surface area contributed by atoms with Gasteiger partial charge in [0.1, 0.15) is 5.54 Å². The summed E-state index contributed by atoms with van der Waals surface area (Å²) in [6.45, 7) is 6.95. The van der Waals surface area contributed by atoms with Crippen LogP contribution >= 0.6 is 0 Å². The minimum atomic E-state index is -1.30. The Kier molecular flexibility index (Phi) is 6.89. The second kappa shape index (κ2) is 7.60. The van der Waals surface area contributed by atoms with Crippen LogP contribution < -0.4 is 16.0 Å². The monoisotopic (exact) mass is 273 g/mol. The fourth-order valence-corrected chi connectivity index (χ4v) is 1.27. The summed E-state index contributed by atoms with van der Waals surface area (Å²) in [5.74, 6) is -1.26. The van der Waals surface area contributed by atoms with Crippen LogP contribution in [0.4, 0.5) is 4.79 Å². The van der Waals surface area contributed by atoms with E-state index in [0.717, 1.165) is 0 Å². The summed E-state index contributed by atoms with van der Waals surface area (Å²) in [4.78, 5) is 33.8. The molecule has 1 unspecified atom stereocenters. The van der Waals surface area contributed by atoms with Crippen LogP contribution in [-0.4, -0.2) is 41.1 Å². The van der Waals surface area contributed by atoms with Crippen molar-refractivity contribution in [2.45, 2.75) is 52.1 Å². The lowest BCUT2D eigenvalue weighted by Gasteiger charge is -2.24. The largest absolute Gasteiger partial charge is 0.480 e. The molecule has 0 rings (SSSR count). The third kappa shape index (κ3) is 6.64. The number of urea groups is 1. The van der Waals surface area contributed by atoms with Gasteiger partial charge in [-0.1, -0.05) is 6.92 Å². The van der Waals surface area contributed by atoms with E-state index < -0.39 is 17.5 Å². The highest BCUT2D eigenvalue weighted by Gasteiger charge is 2.32. The Morgan fingerprint density at radius 2 is 1.84 bits per heavy atom. The van der Waals surface area contributed by atoms with Crippen molar-refractivity contribution in [2.24, 2.45) is 0 Å². The molecule has 0 fully saturated rings. The number of hydrogen-bond donors (Lipinski definition) is 4. The molecule has 0 aliphatic rings. The topological polar surface area (TPSA) is 108 Å². The molecule has 7 heteroatoms. The predicted molar refractivity (Wildman–Crippen MR) is 70.8 cm³/mol. The number of hydrogen-bond acceptors (Lipinski definition) is 3. The fraction of sp³-hybridized carbons (Fsp3) is 0.750. The smallest absolute Gasteiger partial charge is 0.329 e. The van der Waals surface area contributed by atoms with Crippen LogP contribution in [0.3, 0.4) is 0 Å². The molecule has 0 saturated carbocycles. The lowest BCUT2D eigenvalue weighted by Crippen LogP contribution is -2.55. The van der Waals surface area contributed by atoms with Crippen LogP contribution in [0.5, 0.6) is 0 Å². The number of carbonyl (C=O) groups excluding carboxylic acids is 2. The Labute approximate surface area is 113 Å². The van der Waals surface area contributed by atoms with Crippen molar-refractivity contribution in [1.82, 2.24) is 16.0 Å². The van der Waals surface area contributed by atoms with E-state index in [1.54, 1.807) is 6.92 Å². The van der Waals surface area contributed by atoms with Crippen LogP contribution in [0.2, 0.25) is 0 Å². The number of carboxylic acid groups (broad SMARTS) is 1. The summed E-state index contributed by atoms with van der Waals surface area (Å²) in [6, 6.07) is -0.541. The summed E-state index contributed by atoms with van der Waals surface area (Å²) in [5, 5.41) is 16.5. The zero-order valence-electron chi connectivity index (χ0n) is 11.9. The molecule has 0 spiro atoms. The molecular formula is C12H23N3O4. The first-order valence-corrected chi connectivity index (χ1v) is 6.30. The van der Waals surface area contributed by atoms with E-state index in [1.165, 1.54) is 6.92 Å². The molecule has 0 bridgehead atoms. The average molecular weight is 273 g/mol. The Bertz CT molecular complexity index is 344. The van der Waals surface area contributed by atoms with Crippen LogP contribution in [0, 0.1) is 0 Å². The zero-order valence-corrected chi connectivity index (χ0v) is 11.9. The van der Waals surface area contributed by atoms with E-state index in [1.807, 2.05) is 13.8 Å². The van der Waals surface area contributed by atoms with Crippen LogP contribution in [0.1, 0.15) is 40.5 Å². The van der Waals surface area contributed by atoms with Crippen LogP contribution in [0.25, 0.3) is 0 Å². The van der Waals surface area contributed by atoms with E-state index in [-0.39, 0.29) is 31.3 Å². The Morgan fingerprint density at radius 3 is 2.26 bits per heavy atom. The SMILES string of the molecule is CCC(C)(NC(=O)NCCC(=O)NC(C)C)C(=O)O. The lowest BCUT2D eigenvalue weighted by atomic mass is 10.00. The number of carboxylic acids is 1. The second-order valence-corrected chi connectivity index (χ2v) is 4.84. The van der Waals surface area contributed by atoms with Gasteiger partial charge in [0.15, 0.2) is 0 Å². The second-order valence-electron chi connectivity index (χ2n) is 4.84. The van der Waals surface area contributed by atoms with E-state index >= 15 is 0 Å². The van der Waals surface area contributed by atoms with Crippen molar-refractivity contribution in [2.75, 3.05) is 6.54 Å². The van der Waals surface area contributed by atoms with Gasteiger partial charge in [-0.05, 0) is 27.2 Å². The quantitative estimate of drug-likeness (QED) is 0.540. The van der Waals surface area contributed by atoms with E-state index in [0.29, 0.717) is 0 Å². The molecule has 0 aromatic carbocycles. The Hall–Kier alpha value is -1.79. The molecule has 7 nitrogen and oxygen atoms in total. The van der Waals surface area contributed by atoms with Crippen molar-refractivity contribution in [1.29, 1.82) is 0 Å². The van der Waals surface area contributed by atoms with Crippen molar-refractivity contribution >= 4 is 17.9 Å². The summed E-state index contributed by atoms with van der Waals surface area (Å²) >= 11 is 0. The molecule has 0 radical (unpaired) electrons. The molecule has 4 N–H and O–H groups in total. The van der Waals surface area contributed by atoms with Gasteiger partial charge in [-0.15, -0.1) is 0 Å². The molecule has 0 aliphatic heterocycles. The van der Waals surface area contributed by atoms with Crippen molar-refractivity contribution < 1.29 is 19.5 Å². The number of rotatable bonds is 7.